The highest BCUT2D eigenvalue weighted by molar-refractivity contribution is 7.14. The van der Waals surface area contributed by atoms with E-state index in [1.54, 1.807) is 11.6 Å². The molecule has 142 valence electrons. The Balaban J connectivity index is 1.49. The summed E-state index contributed by atoms with van der Waals surface area (Å²) in [7, 11) is 0. The van der Waals surface area contributed by atoms with Gasteiger partial charge in [0.2, 0.25) is 5.91 Å². The number of nitrogens with zero attached hydrogens (tertiary/aromatic N) is 1. The largest absolute Gasteiger partial charge is 0.464 e. The van der Waals surface area contributed by atoms with Crippen LogP contribution in [0.5, 0.6) is 0 Å². The molecule has 0 aliphatic rings. The third kappa shape index (κ3) is 3.53. The predicted molar refractivity (Wildman–Crippen MR) is 105 cm³/mol. The first-order chi connectivity index (χ1) is 13.4. The first kappa shape index (κ1) is 18.3. The number of amides is 1. The topological polar surface area (TPSA) is 55.1 Å². The monoisotopic (exact) mass is 398 g/mol. The van der Waals surface area contributed by atoms with Gasteiger partial charge >= 0.3 is 0 Å². The molecule has 2 heterocycles. The number of carbonyl (C=O) groups is 1. The maximum absolute atomic E-state index is 13.4. The number of thiazole rings is 1. The Hall–Kier alpha value is -3.06. The lowest BCUT2D eigenvalue weighted by Crippen LogP contribution is -2.14. The molecular formula is C21H16F2N2O2S. The number of benzene rings is 2. The van der Waals surface area contributed by atoms with Gasteiger partial charge in [-0.15, -0.1) is 11.3 Å². The summed E-state index contributed by atoms with van der Waals surface area (Å²) in [5.41, 5.74) is 4.73. The van der Waals surface area contributed by atoms with E-state index in [0.717, 1.165) is 39.8 Å². The molecule has 2 aromatic carbocycles. The second kappa shape index (κ2) is 7.16. The van der Waals surface area contributed by atoms with Crippen molar-refractivity contribution in [2.45, 2.75) is 20.3 Å². The predicted octanol–water partition coefficient (Wildman–Crippen LogP) is 5.63. The number of halogens is 2. The molecule has 0 aliphatic carbocycles. The molecule has 0 radical (unpaired) electrons. The molecule has 0 saturated heterocycles. The van der Waals surface area contributed by atoms with Gasteiger partial charge in [0.1, 0.15) is 5.58 Å². The molecule has 28 heavy (non-hydrogen) atoms. The van der Waals surface area contributed by atoms with Crippen LogP contribution in [0.4, 0.5) is 13.9 Å². The van der Waals surface area contributed by atoms with Crippen molar-refractivity contribution in [3.63, 3.8) is 0 Å². The van der Waals surface area contributed by atoms with E-state index in [9.17, 15) is 13.6 Å². The normalized spacial score (nSPS) is 11.1. The van der Waals surface area contributed by atoms with E-state index in [-0.39, 0.29) is 12.3 Å². The zero-order chi connectivity index (χ0) is 19.8. The summed E-state index contributed by atoms with van der Waals surface area (Å²) >= 11 is 1.22. The first-order valence-electron chi connectivity index (χ1n) is 8.59. The van der Waals surface area contributed by atoms with Crippen LogP contribution in [0.25, 0.3) is 22.2 Å². The van der Waals surface area contributed by atoms with Crippen LogP contribution < -0.4 is 5.32 Å². The molecule has 2 aromatic heterocycles. The molecule has 0 unspecified atom stereocenters. The molecule has 0 bridgehead atoms. The number of aromatic nitrogens is 1. The van der Waals surface area contributed by atoms with E-state index >= 15 is 0 Å². The fourth-order valence-electron chi connectivity index (χ4n) is 2.93. The SMILES string of the molecule is Cc1cc2occ(CC(=O)Nc3nc(-c4ccc(F)c(F)c4)cs3)c2cc1C. The van der Waals surface area contributed by atoms with Crippen LogP contribution in [-0.4, -0.2) is 10.9 Å². The minimum absolute atomic E-state index is 0.148. The van der Waals surface area contributed by atoms with Crippen molar-refractivity contribution in [1.29, 1.82) is 0 Å². The van der Waals surface area contributed by atoms with Gasteiger partial charge in [0.25, 0.3) is 0 Å². The number of nitrogens with one attached hydrogen (secondary N) is 1. The van der Waals surface area contributed by atoms with E-state index in [1.165, 1.54) is 17.4 Å². The third-order valence-electron chi connectivity index (χ3n) is 4.59. The van der Waals surface area contributed by atoms with Crippen molar-refractivity contribution in [2.24, 2.45) is 0 Å². The molecular weight excluding hydrogens is 382 g/mol. The molecule has 1 N–H and O–H groups in total. The minimum atomic E-state index is -0.937. The Morgan fingerprint density at radius 3 is 2.71 bits per heavy atom. The standard InChI is InChI=1S/C21H16F2N2O2S/c1-11-5-15-14(9-27-19(15)6-12(11)2)8-20(26)25-21-24-18(10-28-21)13-3-4-16(22)17(23)7-13/h3-7,9-10H,8H2,1-2H3,(H,24,25,26). The van der Waals surface area contributed by atoms with Crippen LogP contribution in [0.3, 0.4) is 0 Å². The Bertz CT molecular complexity index is 1200. The fraction of sp³-hybridized carbons (Fsp3) is 0.143. The molecule has 1 amide bonds. The van der Waals surface area contributed by atoms with E-state index in [1.807, 2.05) is 26.0 Å². The highest BCUT2D eigenvalue weighted by atomic mass is 32.1. The van der Waals surface area contributed by atoms with Crippen LogP contribution in [-0.2, 0) is 11.2 Å². The Kier molecular flexibility index (Phi) is 4.68. The van der Waals surface area contributed by atoms with Crippen LogP contribution in [0.1, 0.15) is 16.7 Å². The Labute approximate surface area is 163 Å². The lowest BCUT2D eigenvalue weighted by Gasteiger charge is -2.02. The summed E-state index contributed by atoms with van der Waals surface area (Å²) in [6, 6.07) is 7.55. The molecule has 4 rings (SSSR count). The highest BCUT2D eigenvalue weighted by Crippen LogP contribution is 2.28. The molecule has 0 atom stereocenters. The van der Waals surface area contributed by atoms with Gasteiger partial charge in [-0.2, -0.15) is 0 Å². The minimum Gasteiger partial charge on any atom is -0.464 e. The highest BCUT2D eigenvalue weighted by Gasteiger charge is 2.14. The molecule has 0 fully saturated rings. The fourth-order valence-corrected chi connectivity index (χ4v) is 3.66. The molecule has 0 aliphatic heterocycles. The molecule has 4 nitrogen and oxygen atoms in total. The summed E-state index contributed by atoms with van der Waals surface area (Å²) in [6.45, 7) is 4.03. The second-order valence-electron chi connectivity index (χ2n) is 6.59. The average Bonchev–Trinajstić information content (AvgIpc) is 3.26. The van der Waals surface area contributed by atoms with Gasteiger partial charge in [-0.05, 0) is 55.3 Å². The summed E-state index contributed by atoms with van der Waals surface area (Å²) < 4.78 is 32.0. The molecule has 4 aromatic rings. The second-order valence-corrected chi connectivity index (χ2v) is 7.44. The van der Waals surface area contributed by atoms with Crippen molar-refractivity contribution < 1.29 is 18.0 Å². The van der Waals surface area contributed by atoms with Crippen molar-refractivity contribution in [3.8, 4) is 11.3 Å². The Morgan fingerprint density at radius 1 is 1.14 bits per heavy atom. The summed E-state index contributed by atoms with van der Waals surface area (Å²) in [5, 5.41) is 5.74. The van der Waals surface area contributed by atoms with E-state index in [4.69, 9.17) is 4.42 Å². The maximum Gasteiger partial charge on any atom is 0.230 e. The lowest BCUT2D eigenvalue weighted by molar-refractivity contribution is -0.115. The maximum atomic E-state index is 13.4. The number of anilines is 1. The van der Waals surface area contributed by atoms with E-state index in [2.05, 4.69) is 10.3 Å². The number of aryl methyl sites for hydroxylation is 2. The van der Waals surface area contributed by atoms with Crippen molar-refractivity contribution in [2.75, 3.05) is 5.32 Å². The smallest absolute Gasteiger partial charge is 0.230 e. The van der Waals surface area contributed by atoms with Crippen LogP contribution in [0.2, 0.25) is 0 Å². The van der Waals surface area contributed by atoms with Gasteiger partial charge in [0, 0.05) is 21.9 Å². The lowest BCUT2D eigenvalue weighted by atomic mass is 10.0. The molecule has 0 spiro atoms. The van der Waals surface area contributed by atoms with E-state index in [0.29, 0.717) is 16.4 Å². The van der Waals surface area contributed by atoms with Gasteiger partial charge in [0.05, 0.1) is 18.4 Å². The zero-order valence-electron chi connectivity index (χ0n) is 15.2. The zero-order valence-corrected chi connectivity index (χ0v) is 16.0. The number of hydrogen-bond acceptors (Lipinski definition) is 4. The van der Waals surface area contributed by atoms with Crippen LogP contribution in [0, 0.1) is 25.5 Å². The van der Waals surface area contributed by atoms with Gasteiger partial charge in [-0.1, -0.05) is 0 Å². The van der Waals surface area contributed by atoms with Crippen molar-refractivity contribution in [1.82, 2.24) is 4.98 Å². The third-order valence-corrected chi connectivity index (χ3v) is 5.34. The van der Waals surface area contributed by atoms with Gasteiger partial charge in [-0.25, -0.2) is 13.8 Å². The summed E-state index contributed by atoms with van der Waals surface area (Å²) in [4.78, 5) is 16.7. The van der Waals surface area contributed by atoms with E-state index < -0.39 is 11.6 Å². The quantitative estimate of drug-likeness (QED) is 0.485. The van der Waals surface area contributed by atoms with Crippen LogP contribution in [0.15, 0.2) is 46.4 Å². The number of fused-ring (bicyclic) bond motifs is 1. The van der Waals surface area contributed by atoms with Gasteiger partial charge in [-0.3, -0.25) is 4.79 Å². The Morgan fingerprint density at radius 2 is 1.93 bits per heavy atom. The average molecular weight is 398 g/mol. The number of hydrogen-bond donors (Lipinski definition) is 1. The summed E-state index contributed by atoms with van der Waals surface area (Å²) in [5.74, 6) is -2.08. The van der Waals surface area contributed by atoms with Crippen molar-refractivity contribution in [3.05, 3.63) is 70.3 Å². The summed E-state index contributed by atoms with van der Waals surface area (Å²) in [6.07, 6.45) is 1.74. The number of carbonyl (C=O) groups excluding carboxylic acids is 1. The van der Waals surface area contributed by atoms with Gasteiger partial charge < -0.3 is 9.73 Å². The molecule has 0 saturated carbocycles. The number of furan rings is 1. The van der Waals surface area contributed by atoms with Crippen LogP contribution >= 0.6 is 11.3 Å². The van der Waals surface area contributed by atoms with Gasteiger partial charge in [0.15, 0.2) is 16.8 Å². The first-order valence-corrected chi connectivity index (χ1v) is 9.47. The number of rotatable bonds is 4. The molecule has 7 heteroatoms. The van der Waals surface area contributed by atoms with Crippen molar-refractivity contribution >= 4 is 33.3 Å².